The van der Waals surface area contributed by atoms with Crippen LogP contribution in [0, 0.1) is 6.92 Å². The number of aromatic nitrogens is 2. The van der Waals surface area contributed by atoms with Crippen molar-refractivity contribution in [2.24, 2.45) is 0 Å². The summed E-state index contributed by atoms with van der Waals surface area (Å²) in [5.41, 5.74) is 1.37. The largest absolute Gasteiger partial charge is 0.326 e. The first-order valence-corrected chi connectivity index (χ1v) is 7.36. The van der Waals surface area contributed by atoms with Gasteiger partial charge in [0.2, 0.25) is 0 Å². The third kappa shape index (κ3) is 2.10. The van der Waals surface area contributed by atoms with Crippen LogP contribution < -0.4 is 5.32 Å². The molecule has 2 unspecified atom stereocenters. The van der Waals surface area contributed by atoms with E-state index in [9.17, 15) is 0 Å². The Morgan fingerprint density at radius 3 is 3.06 bits per heavy atom. The summed E-state index contributed by atoms with van der Waals surface area (Å²) in [5.74, 6) is 0.621. The molecule has 0 aliphatic carbocycles. The lowest BCUT2D eigenvalue weighted by molar-refractivity contribution is 0.581. The second-order valence-electron chi connectivity index (χ2n) is 5.04. The van der Waals surface area contributed by atoms with Gasteiger partial charge in [-0.05, 0) is 38.9 Å². The fourth-order valence-electron chi connectivity index (χ4n) is 2.68. The Morgan fingerprint density at radius 2 is 2.39 bits per heavy atom. The van der Waals surface area contributed by atoms with Gasteiger partial charge in [-0.3, -0.25) is 0 Å². The molecule has 1 N–H and O–H groups in total. The summed E-state index contributed by atoms with van der Waals surface area (Å²) in [6, 6.07) is 4.83. The van der Waals surface area contributed by atoms with Crippen molar-refractivity contribution in [2.75, 3.05) is 13.1 Å². The lowest BCUT2D eigenvalue weighted by Gasteiger charge is -2.18. The second kappa shape index (κ2) is 4.86. The molecule has 2 atom stereocenters. The van der Waals surface area contributed by atoms with E-state index in [1.807, 2.05) is 23.9 Å². The van der Waals surface area contributed by atoms with Crippen molar-refractivity contribution in [3.8, 4) is 0 Å². The van der Waals surface area contributed by atoms with Crippen molar-refractivity contribution in [3.05, 3.63) is 40.1 Å². The monoisotopic (exact) mass is 261 g/mol. The molecular formula is C14H19N3S. The molecule has 0 spiro atoms. The van der Waals surface area contributed by atoms with E-state index in [0.29, 0.717) is 12.0 Å². The second-order valence-corrected chi connectivity index (χ2v) is 6.36. The molecule has 1 aliphatic rings. The first kappa shape index (κ1) is 11.9. The number of aryl methyl sites for hydroxylation is 1. The third-order valence-electron chi connectivity index (χ3n) is 3.76. The first-order valence-electron chi connectivity index (χ1n) is 6.54. The molecule has 4 heteroatoms. The highest BCUT2D eigenvalue weighted by Gasteiger charge is 2.22. The zero-order chi connectivity index (χ0) is 12.5. The van der Waals surface area contributed by atoms with Crippen LogP contribution in [0.5, 0.6) is 0 Å². The standard InChI is InChI=1S/C14H19N3S/c1-10-3-4-14(18-10)11(2)17-9-16-8-13(17)12-5-6-15-7-12/h3-4,8-9,11-12,15H,5-7H2,1-2H3. The van der Waals surface area contributed by atoms with Gasteiger partial charge in [0.1, 0.15) is 0 Å². The number of rotatable bonds is 3. The summed E-state index contributed by atoms with van der Waals surface area (Å²) in [5, 5.41) is 3.43. The average molecular weight is 261 g/mol. The number of thiophene rings is 1. The van der Waals surface area contributed by atoms with Crippen molar-refractivity contribution in [2.45, 2.75) is 32.2 Å². The summed E-state index contributed by atoms with van der Waals surface area (Å²) in [7, 11) is 0. The highest BCUT2D eigenvalue weighted by Crippen LogP contribution is 2.30. The zero-order valence-corrected chi connectivity index (χ0v) is 11.7. The van der Waals surface area contributed by atoms with Crippen LogP contribution in [0.4, 0.5) is 0 Å². The molecular weight excluding hydrogens is 242 g/mol. The minimum atomic E-state index is 0.391. The Labute approximate surface area is 112 Å². The topological polar surface area (TPSA) is 29.9 Å². The van der Waals surface area contributed by atoms with Gasteiger partial charge in [0, 0.05) is 34.1 Å². The highest BCUT2D eigenvalue weighted by atomic mass is 32.1. The maximum absolute atomic E-state index is 4.36. The van der Waals surface area contributed by atoms with Crippen molar-refractivity contribution in [1.82, 2.24) is 14.9 Å². The van der Waals surface area contributed by atoms with E-state index >= 15 is 0 Å². The van der Waals surface area contributed by atoms with Gasteiger partial charge in [-0.25, -0.2) is 4.98 Å². The van der Waals surface area contributed by atoms with Crippen molar-refractivity contribution >= 4 is 11.3 Å². The normalized spacial score (nSPS) is 21.3. The van der Waals surface area contributed by atoms with E-state index < -0.39 is 0 Å². The Kier molecular flexibility index (Phi) is 3.22. The van der Waals surface area contributed by atoms with E-state index in [-0.39, 0.29) is 0 Å². The van der Waals surface area contributed by atoms with Crippen LogP contribution in [-0.4, -0.2) is 22.6 Å². The molecule has 18 heavy (non-hydrogen) atoms. The molecule has 0 aromatic carbocycles. The molecule has 1 fully saturated rings. The molecule has 3 rings (SSSR count). The molecule has 0 amide bonds. The SMILES string of the molecule is Cc1ccc(C(C)n2cncc2C2CCNC2)s1. The van der Waals surface area contributed by atoms with E-state index in [0.717, 1.165) is 13.1 Å². The number of imidazole rings is 1. The molecule has 96 valence electrons. The van der Waals surface area contributed by atoms with Gasteiger partial charge < -0.3 is 9.88 Å². The first-order chi connectivity index (χ1) is 8.75. The Bertz CT molecular complexity index is 523. The van der Waals surface area contributed by atoms with Crippen molar-refractivity contribution in [1.29, 1.82) is 0 Å². The van der Waals surface area contributed by atoms with E-state index in [1.54, 1.807) is 0 Å². The molecule has 2 aromatic heterocycles. The van der Waals surface area contributed by atoms with Crippen LogP contribution in [0.15, 0.2) is 24.7 Å². The van der Waals surface area contributed by atoms with Gasteiger partial charge in [-0.2, -0.15) is 0 Å². The van der Waals surface area contributed by atoms with Crippen LogP contribution in [0.1, 0.15) is 40.8 Å². The summed E-state index contributed by atoms with van der Waals surface area (Å²) < 4.78 is 2.34. The van der Waals surface area contributed by atoms with Gasteiger partial charge in [0.05, 0.1) is 12.4 Å². The molecule has 1 aliphatic heterocycles. The van der Waals surface area contributed by atoms with Crippen LogP contribution in [0.3, 0.4) is 0 Å². The van der Waals surface area contributed by atoms with E-state index in [1.165, 1.54) is 21.9 Å². The summed E-state index contributed by atoms with van der Waals surface area (Å²) in [6.07, 6.45) is 5.24. The molecule has 3 nitrogen and oxygen atoms in total. The smallest absolute Gasteiger partial charge is 0.0954 e. The molecule has 3 heterocycles. The number of hydrogen-bond donors (Lipinski definition) is 1. The summed E-state index contributed by atoms with van der Waals surface area (Å²) in [6.45, 7) is 6.64. The number of nitrogens with one attached hydrogen (secondary N) is 1. The third-order valence-corrected chi connectivity index (χ3v) is 4.94. The van der Waals surface area contributed by atoms with Crippen LogP contribution >= 0.6 is 11.3 Å². The Hall–Kier alpha value is -1.13. The van der Waals surface area contributed by atoms with E-state index in [2.05, 4.69) is 40.8 Å². The van der Waals surface area contributed by atoms with Crippen LogP contribution in [0.25, 0.3) is 0 Å². The van der Waals surface area contributed by atoms with Gasteiger partial charge >= 0.3 is 0 Å². The summed E-state index contributed by atoms with van der Waals surface area (Å²) in [4.78, 5) is 7.15. The van der Waals surface area contributed by atoms with E-state index in [4.69, 9.17) is 0 Å². The van der Waals surface area contributed by atoms with Gasteiger partial charge in [0.15, 0.2) is 0 Å². The maximum Gasteiger partial charge on any atom is 0.0954 e. The fraction of sp³-hybridized carbons (Fsp3) is 0.500. The number of nitrogens with zero attached hydrogens (tertiary/aromatic N) is 2. The number of hydrogen-bond acceptors (Lipinski definition) is 3. The predicted octanol–water partition coefficient (Wildman–Crippen LogP) is 2.94. The van der Waals surface area contributed by atoms with Crippen molar-refractivity contribution in [3.63, 3.8) is 0 Å². The molecule has 1 saturated heterocycles. The predicted molar refractivity (Wildman–Crippen MR) is 75.3 cm³/mol. The van der Waals surface area contributed by atoms with Gasteiger partial charge in [-0.15, -0.1) is 11.3 Å². The van der Waals surface area contributed by atoms with Crippen LogP contribution in [-0.2, 0) is 0 Å². The summed E-state index contributed by atoms with van der Waals surface area (Å²) >= 11 is 1.88. The minimum absolute atomic E-state index is 0.391. The quantitative estimate of drug-likeness (QED) is 0.920. The Morgan fingerprint density at radius 1 is 1.50 bits per heavy atom. The minimum Gasteiger partial charge on any atom is -0.326 e. The average Bonchev–Trinajstić information content (AvgIpc) is 3.08. The Balaban J connectivity index is 1.89. The lowest BCUT2D eigenvalue weighted by atomic mass is 10.0. The van der Waals surface area contributed by atoms with Crippen molar-refractivity contribution < 1.29 is 0 Å². The van der Waals surface area contributed by atoms with Gasteiger partial charge in [0.25, 0.3) is 0 Å². The maximum atomic E-state index is 4.36. The zero-order valence-electron chi connectivity index (χ0n) is 10.9. The molecule has 0 radical (unpaired) electrons. The molecule has 2 aromatic rings. The fourth-order valence-corrected chi connectivity index (χ4v) is 3.60. The molecule has 0 saturated carbocycles. The highest BCUT2D eigenvalue weighted by molar-refractivity contribution is 7.12. The van der Waals surface area contributed by atoms with Crippen LogP contribution in [0.2, 0.25) is 0 Å². The molecule has 0 bridgehead atoms. The van der Waals surface area contributed by atoms with Gasteiger partial charge in [-0.1, -0.05) is 0 Å². The lowest BCUT2D eigenvalue weighted by Crippen LogP contribution is -2.14.